The second-order valence-corrected chi connectivity index (χ2v) is 9.04. The number of hydrogen-bond acceptors (Lipinski definition) is 5. The number of benzene rings is 3. The number of ketones is 1. The Bertz CT molecular complexity index is 1370. The third-order valence-electron chi connectivity index (χ3n) is 6.99. The van der Waals surface area contributed by atoms with Crippen molar-refractivity contribution in [2.24, 2.45) is 11.8 Å². The molecule has 2 aliphatic heterocycles. The summed E-state index contributed by atoms with van der Waals surface area (Å²) >= 11 is 0. The molecule has 2 saturated heterocycles. The van der Waals surface area contributed by atoms with Gasteiger partial charge in [0.15, 0.2) is 11.3 Å². The average molecular weight is 481 g/mol. The normalized spacial score (nSPS) is 25.4. The molecule has 2 aliphatic rings. The van der Waals surface area contributed by atoms with E-state index < -0.39 is 41.2 Å². The molecular weight excluding hydrogens is 456 g/mol. The summed E-state index contributed by atoms with van der Waals surface area (Å²) in [6, 6.07) is 23.4. The van der Waals surface area contributed by atoms with Crippen LogP contribution in [0.5, 0.6) is 0 Å². The predicted octanol–water partition coefficient (Wildman–Crippen LogP) is 3.66. The van der Waals surface area contributed by atoms with Crippen LogP contribution in [0.25, 0.3) is 6.08 Å². The SMILES string of the molecule is CC(=O)c1ccc(N2C(=O)C3C(/C=C/c4ccccc4)NC(C(=O)O)(c4ccccc4)C3C2=O)cc1. The monoisotopic (exact) mass is 480 g/mol. The van der Waals surface area contributed by atoms with Gasteiger partial charge in [0.1, 0.15) is 0 Å². The van der Waals surface area contributed by atoms with E-state index in [0.29, 0.717) is 16.8 Å². The molecular formula is C29H24N2O5. The maximum atomic E-state index is 13.8. The van der Waals surface area contributed by atoms with Gasteiger partial charge in [0.25, 0.3) is 0 Å². The Morgan fingerprint density at radius 2 is 1.50 bits per heavy atom. The zero-order valence-electron chi connectivity index (χ0n) is 19.5. The second-order valence-electron chi connectivity index (χ2n) is 9.04. The van der Waals surface area contributed by atoms with Crippen LogP contribution in [-0.2, 0) is 19.9 Å². The topological polar surface area (TPSA) is 104 Å². The maximum Gasteiger partial charge on any atom is 0.329 e. The van der Waals surface area contributed by atoms with E-state index in [0.717, 1.165) is 10.5 Å². The number of amides is 2. The highest BCUT2D eigenvalue weighted by molar-refractivity contribution is 6.24. The van der Waals surface area contributed by atoms with Crippen molar-refractivity contribution >= 4 is 35.3 Å². The van der Waals surface area contributed by atoms with Crippen molar-refractivity contribution in [3.8, 4) is 0 Å². The summed E-state index contributed by atoms with van der Waals surface area (Å²) in [5.74, 6) is -4.52. The van der Waals surface area contributed by atoms with Gasteiger partial charge < -0.3 is 5.11 Å². The molecule has 3 aromatic carbocycles. The van der Waals surface area contributed by atoms with Gasteiger partial charge in [-0.15, -0.1) is 0 Å². The van der Waals surface area contributed by atoms with Crippen LogP contribution in [0.15, 0.2) is 91.0 Å². The number of nitrogens with one attached hydrogen (secondary N) is 1. The van der Waals surface area contributed by atoms with Crippen molar-refractivity contribution in [1.29, 1.82) is 0 Å². The number of nitrogens with zero attached hydrogens (tertiary/aromatic N) is 1. The van der Waals surface area contributed by atoms with Crippen LogP contribution in [0, 0.1) is 11.8 Å². The van der Waals surface area contributed by atoms with Gasteiger partial charge in [-0.05, 0) is 42.3 Å². The molecule has 5 rings (SSSR count). The zero-order chi connectivity index (χ0) is 25.4. The van der Waals surface area contributed by atoms with Gasteiger partial charge in [-0.1, -0.05) is 72.8 Å². The molecule has 0 aromatic heterocycles. The Hall–Kier alpha value is -4.36. The smallest absolute Gasteiger partial charge is 0.329 e. The summed E-state index contributed by atoms with van der Waals surface area (Å²) in [7, 11) is 0. The minimum atomic E-state index is -1.79. The summed E-state index contributed by atoms with van der Waals surface area (Å²) in [4.78, 5) is 53.2. The van der Waals surface area contributed by atoms with Crippen LogP contribution in [-0.4, -0.2) is 34.7 Å². The minimum absolute atomic E-state index is 0.137. The van der Waals surface area contributed by atoms with E-state index in [1.807, 2.05) is 36.4 Å². The molecule has 2 heterocycles. The Morgan fingerprint density at radius 1 is 0.889 bits per heavy atom. The number of rotatable bonds is 6. The molecule has 36 heavy (non-hydrogen) atoms. The molecule has 0 bridgehead atoms. The van der Waals surface area contributed by atoms with E-state index >= 15 is 0 Å². The predicted molar refractivity (Wildman–Crippen MR) is 134 cm³/mol. The standard InChI is InChI=1S/C29H24N2O5/c1-18(32)20-13-15-22(16-14-20)31-26(33)24-23(17-12-19-8-4-2-5-9-19)30-29(28(35)36,25(24)27(31)34)21-10-6-3-7-11-21/h2-17,23-25,30H,1H3,(H,35,36)/b17-12+. The molecule has 0 spiro atoms. The van der Waals surface area contributed by atoms with Crippen molar-refractivity contribution < 1.29 is 24.3 Å². The molecule has 4 atom stereocenters. The highest BCUT2D eigenvalue weighted by Gasteiger charge is 2.68. The quantitative estimate of drug-likeness (QED) is 0.412. The van der Waals surface area contributed by atoms with Crippen LogP contribution in [0.1, 0.15) is 28.4 Å². The number of fused-ring (bicyclic) bond motifs is 1. The van der Waals surface area contributed by atoms with E-state index in [2.05, 4.69) is 5.32 Å². The molecule has 7 heteroatoms. The first-order chi connectivity index (χ1) is 17.3. The van der Waals surface area contributed by atoms with E-state index in [4.69, 9.17) is 0 Å². The molecule has 7 nitrogen and oxygen atoms in total. The number of Topliss-reactive ketones (excluding diaryl/α,β-unsaturated/α-hetero) is 1. The number of carboxylic acids is 1. The fourth-order valence-corrected chi connectivity index (χ4v) is 5.28. The number of hydrogen-bond donors (Lipinski definition) is 2. The lowest BCUT2D eigenvalue weighted by molar-refractivity contribution is -0.149. The third kappa shape index (κ3) is 3.65. The first-order valence-electron chi connectivity index (χ1n) is 11.6. The summed E-state index contributed by atoms with van der Waals surface area (Å²) in [5, 5.41) is 13.7. The molecule has 0 saturated carbocycles. The van der Waals surface area contributed by atoms with Crippen LogP contribution >= 0.6 is 0 Å². The van der Waals surface area contributed by atoms with Crippen molar-refractivity contribution in [1.82, 2.24) is 5.32 Å². The molecule has 2 fully saturated rings. The van der Waals surface area contributed by atoms with E-state index in [1.54, 1.807) is 60.7 Å². The lowest BCUT2D eigenvalue weighted by Gasteiger charge is -2.31. The van der Waals surface area contributed by atoms with Crippen molar-refractivity contribution in [2.75, 3.05) is 4.90 Å². The molecule has 2 amide bonds. The molecule has 180 valence electrons. The van der Waals surface area contributed by atoms with Gasteiger partial charge in [0, 0.05) is 11.6 Å². The summed E-state index contributed by atoms with van der Waals surface area (Å²) < 4.78 is 0. The number of carbonyl (C=O) groups is 4. The largest absolute Gasteiger partial charge is 0.480 e. The molecule has 2 N–H and O–H groups in total. The molecule has 0 aliphatic carbocycles. The highest BCUT2D eigenvalue weighted by atomic mass is 16.4. The summed E-state index contributed by atoms with van der Waals surface area (Å²) in [6.45, 7) is 1.43. The number of carboxylic acid groups (broad SMARTS) is 1. The van der Waals surface area contributed by atoms with Crippen LogP contribution in [0.3, 0.4) is 0 Å². The van der Waals surface area contributed by atoms with Gasteiger partial charge in [0.05, 0.1) is 17.5 Å². The Balaban J connectivity index is 1.62. The lowest BCUT2D eigenvalue weighted by Crippen LogP contribution is -2.54. The minimum Gasteiger partial charge on any atom is -0.480 e. The fourth-order valence-electron chi connectivity index (χ4n) is 5.28. The maximum absolute atomic E-state index is 13.8. The van der Waals surface area contributed by atoms with Gasteiger partial charge >= 0.3 is 5.97 Å². The fraction of sp³-hybridized carbons (Fsp3) is 0.172. The Morgan fingerprint density at radius 3 is 2.08 bits per heavy atom. The first kappa shape index (κ1) is 23.4. The average Bonchev–Trinajstić information content (AvgIpc) is 3.38. The lowest BCUT2D eigenvalue weighted by atomic mass is 9.76. The Labute approximate surface area is 208 Å². The molecule has 0 radical (unpaired) electrons. The van der Waals surface area contributed by atoms with Crippen LogP contribution in [0.2, 0.25) is 0 Å². The van der Waals surface area contributed by atoms with E-state index in [1.165, 1.54) is 6.92 Å². The highest BCUT2D eigenvalue weighted by Crippen LogP contribution is 2.49. The molecule has 3 aromatic rings. The van der Waals surface area contributed by atoms with Gasteiger partial charge in [-0.2, -0.15) is 0 Å². The number of anilines is 1. The van der Waals surface area contributed by atoms with E-state index in [-0.39, 0.29) is 5.78 Å². The second kappa shape index (κ2) is 9.02. The summed E-state index contributed by atoms with van der Waals surface area (Å²) in [6.07, 6.45) is 3.58. The van der Waals surface area contributed by atoms with Crippen LogP contribution in [0.4, 0.5) is 5.69 Å². The van der Waals surface area contributed by atoms with Crippen LogP contribution < -0.4 is 10.2 Å². The van der Waals surface area contributed by atoms with Crippen molar-refractivity contribution in [3.63, 3.8) is 0 Å². The zero-order valence-corrected chi connectivity index (χ0v) is 19.5. The van der Waals surface area contributed by atoms with E-state index in [9.17, 15) is 24.3 Å². The van der Waals surface area contributed by atoms with Gasteiger partial charge in [0.2, 0.25) is 11.8 Å². The first-order valence-corrected chi connectivity index (χ1v) is 11.6. The summed E-state index contributed by atoms with van der Waals surface area (Å²) in [5.41, 5.74) is 0.253. The number of imide groups is 1. The van der Waals surface area contributed by atoms with Crippen molar-refractivity contribution in [2.45, 2.75) is 18.5 Å². The van der Waals surface area contributed by atoms with Crippen molar-refractivity contribution in [3.05, 3.63) is 108 Å². The number of carbonyl (C=O) groups excluding carboxylic acids is 3. The van der Waals surface area contributed by atoms with Gasteiger partial charge in [-0.25, -0.2) is 9.69 Å². The third-order valence-corrected chi connectivity index (χ3v) is 6.99. The Kier molecular flexibility index (Phi) is 5.86. The van der Waals surface area contributed by atoms with Gasteiger partial charge in [-0.3, -0.25) is 19.7 Å². The molecule has 4 unspecified atom stereocenters. The number of aliphatic carboxylic acids is 1.